The predicted molar refractivity (Wildman–Crippen MR) is 84.4 cm³/mol. The van der Waals surface area contributed by atoms with Crippen molar-refractivity contribution in [3.63, 3.8) is 0 Å². The molecule has 134 valence electrons. The number of benzene rings is 3. The molecule has 0 saturated carbocycles. The fourth-order valence-electron chi connectivity index (χ4n) is 2.20. The van der Waals surface area contributed by atoms with Crippen molar-refractivity contribution in [1.29, 1.82) is 0 Å². The molecule has 0 aromatic heterocycles. The number of halogens is 4. The zero-order valence-corrected chi connectivity index (χ0v) is 13.4. The zero-order valence-electron chi connectivity index (χ0n) is 13.4. The van der Waals surface area contributed by atoms with E-state index in [0.29, 0.717) is 11.4 Å². The second-order valence-electron chi connectivity index (χ2n) is 5.33. The maximum Gasteiger partial charge on any atom is 0.208 e. The third-order valence-electron chi connectivity index (χ3n) is 3.55. The van der Waals surface area contributed by atoms with Gasteiger partial charge in [0, 0.05) is 12.1 Å². The minimum Gasteiger partial charge on any atom is -0.445 e. The third-order valence-corrected chi connectivity index (χ3v) is 3.55. The molecular formula is C18H14F4N2O2+2. The van der Waals surface area contributed by atoms with Crippen molar-refractivity contribution in [1.82, 2.24) is 0 Å². The second-order valence-corrected chi connectivity index (χ2v) is 5.33. The van der Waals surface area contributed by atoms with E-state index in [1.54, 1.807) is 12.1 Å². The van der Waals surface area contributed by atoms with Gasteiger partial charge in [-0.3, -0.25) is 0 Å². The van der Waals surface area contributed by atoms with Gasteiger partial charge >= 0.3 is 0 Å². The number of ether oxygens (including phenoxy) is 2. The van der Waals surface area contributed by atoms with Gasteiger partial charge in [0.2, 0.25) is 34.8 Å². The van der Waals surface area contributed by atoms with Crippen molar-refractivity contribution in [3.05, 3.63) is 71.8 Å². The minimum atomic E-state index is -1.72. The van der Waals surface area contributed by atoms with Crippen molar-refractivity contribution in [2.24, 2.45) is 0 Å². The van der Waals surface area contributed by atoms with E-state index in [-0.39, 0.29) is 11.5 Å². The molecule has 3 aromatic carbocycles. The van der Waals surface area contributed by atoms with E-state index in [1.807, 2.05) is 0 Å². The Balaban J connectivity index is 2.05. The van der Waals surface area contributed by atoms with Crippen LogP contribution in [0.5, 0.6) is 23.0 Å². The number of para-hydroxylation sites is 2. The van der Waals surface area contributed by atoms with Crippen LogP contribution in [-0.2, 0) is 0 Å². The number of hydrogen-bond donors (Lipinski definition) is 2. The van der Waals surface area contributed by atoms with Crippen molar-refractivity contribution in [3.8, 4) is 23.0 Å². The molecule has 3 aromatic rings. The first-order valence-electron chi connectivity index (χ1n) is 7.43. The van der Waals surface area contributed by atoms with Gasteiger partial charge in [0.1, 0.15) is 0 Å². The lowest BCUT2D eigenvalue weighted by molar-refractivity contribution is -0.256. The molecule has 0 aliphatic rings. The summed E-state index contributed by atoms with van der Waals surface area (Å²) in [6.07, 6.45) is 0. The number of hydrogen-bond acceptors (Lipinski definition) is 2. The largest absolute Gasteiger partial charge is 0.445 e. The van der Waals surface area contributed by atoms with Gasteiger partial charge in [-0.1, -0.05) is 24.3 Å². The first kappa shape index (κ1) is 17.7. The van der Waals surface area contributed by atoms with Crippen molar-refractivity contribution >= 4 is 11.4 Å². The van der Waals surface area contributed by atoms with Gasteiger partial charge in [-0.2, -0.15) is 17.6 Å². The van der Waals surface area contributed by atoms with Crippen LogP contribution in [0.4, 0.5) is 28.9 Å². The normalized spacial score (nSPS) is 10.7. The first-order valence-corrected chi connectivity index (χ1v) is 7.43. The standard InChI is InChI=1S/C18H12F4N2O2/c19-13-15(21)18(26-12-8-4-2-6-10(12)24)16(22)14(20)17(13)25-11-7-3-1-5-9(11)23/h1-8H,23-24H2/p+2. The molecule has 3 rings (SSSR count). The molecule has 0 aliphatic carbocycles. The van der Waals surface area contributed by atoms with E-state index in [1.165, 1.54) is 36.4 Å². The lowest BCUT2D eigenvalue weighted by atomic mass is 10.2. The molecule has 0 unspecified atom stereocenters. The van der Waals surface area contributed by atoms with Crippen LogP contribution in [-0.4, -0.2) is 0 Å². The lowest BCUT2D eigenvalue weighted by Gasteiger charge is -2.13. The maximum absolute atomic E-state index is 14.3. The smallest absolute Gasteiger partial charge is 0.208 e. The number of rotatable bonds is 4. The Morgan fingerprint density at radius 1 is 0.538 bits per heavy atom. The van der Waals surface area contributed by atoms with Gasteiger partial charge in [0.15, 0.2) is 22.9 Å². The summed E-state index contributed by atoms with van der Waals surface area (Å²) >= 11 is 0. The Labute approximate surface area is 145 Å². The summed E-state index contributed by atoms with van der Waals surface area (Å²) in [5, 5.41) is 0. The molecule has 0 fully saturated rings. The summed E-state index contributed by atoms with van der Waals surface area (Å²) in [6.45, 7) is 0. The molecule has 0 saturated heterocycles. The summed E-state index contributed by atoms with van der Waals surface area (Å²) in [5.41, 5.74) is 7.81. The van der Waals surface area contributed by atoms with Crippen molar-refractivity contribution in [2.75, 3.05) is 0 Å². The monoisotopic (exact) mass is 366 g/mol. The van der Waals surface area contributed by atoms with E-state index in [0.717, 1.165) is 0 Å². The highest BCUT2D eigenvalue weighted by atomic mass is 19.2. The molecule has 0 radical (unpaired) electrons. The minimum absolute atomic E-state index is 0.0409. The van der Waals surface area contributed by atoms with Crippen LogP contribution < -0.4 is 20.9 Å². The Morgan fingerprint density at radius 2 is 0.846 bits per heavy atom. The fraction of sp³-hybridized carbons (Fsp3) is 0. The van der Waals surface area contributed by atoms with E-state index < -0.39 is 34.8 Å². The average Bonchev–Trinajstić information content (AvgIpc) is 2.63. The van der Waals surface area contributed by atoms with Gasteiger partial charge < -0.3 is 20.9 Å². The van der Waals surface area contributed by atoms with E-state index >= 15 is 0 Å². The highest BCUT2D eigenvalue weighted by Crippen LogP contribution is 2.40. The van der Waals surface area contributed by atoms with Gasteiger partial charge in [-0.05, 0) is 12.1 Å². The van der Waals surface area contributed by atoms with Crippen LogP contribution >= 0.6 is 0 Å². The van der Waals surface area contributed by atoms with E-state index in [2.05, 4.69) is 11.5 Å². The van der Waals surface area contributed by atoms with E-state index in [9.17, 15) is 17.6 Å². The van der Waals surface area contributed by atoms with Crippen LogP contribution in [0.1, 0.15) is 0 Å². The second kappa shape index (κ2) is 7.03. The summed E-state index contributed by atoms with van der Waals surface area (Å²) in [4.78, 5) is 0. The molecule has 0 aliphatic heterocycles. The summed E-state index contributed by atoms with van der Waals surface area (Å²) < 4.78 is 67.2. The van der Waals surface area contributed by atoms with Crippen LogP contribution in [0.25, 0.3) is 0 Å². The molecule has 0 atom stereocenters. The summed E-state index contributed by atoms with van der Waals surface area (Å²) in [7, 11) is 0. The van der Waals surface area contributed by atoms with Gasteiger partial charge in [-0.15, -0.1) is 0 Å². The Morgan fingerprint density at radius 3 is 1.15 bits per heavy atom. The van der Waals surface area contributed by atoms with Crippen LogP contribution in [0.2, 0.25) is 0 Å². The molecule has 6 N–H and O–H groups in total. The van der Waals surface area contributed by atoms with Crippen molar-refractivity contribution < 1.29 is 38.5 Å². The predicted octanol–water partition coefficient (Wildman–Crippen LogP) is 3.57. The number of quaternary nitrogens is 2. The highest BCUT2D eigenvalue weighted by Gasteiger charge is 2.30. The van der Waals surface area contributed by atoms with Crippen molar-refractivity contribution in [2.45, 2.75) is 0 Å². The molecular weight excluding hydrogens is 352 g/mol. The summed E-state index contributed by atoms with van der Waals surface area (Å²) in [5.74, 6) is -9.39. The molecule has 0 spiro atoms. The topological polar surface area (TPSA) is 73.7 Å². The molecule has 26 heavy (non-hydrogen) atoms. The van der Waals surface area contributed by atoms with Crippen LogP contribution in [0, 0.1) is 23.3 Å². The van der Waals surface area contributed by atoms with Crippen LogP contribution in [0.15, 0.2) is 48.5 Å². The van der Waals surface area contributed by atoms with Gasteiger partial charge in [0.05, 0.1) is 0 Å². The van der Waals surface area contributed by atoms with Gasteiger partial charge in [0.25, 0.3) is 0 Å². The fourth-order valence-corrected chi connectivity index (χ4v) is 2.20. The first-order chi connectivity index (χ1) is 12.4. The molecule has 0 bridgehead atoms. The SMILES string of the molecule is [NH3+]c1ccccc1Oc1c(F)c(F)c(Oc2ccccc2[NH3+])c(F)c1F. The maximum atomic E-state index is 14.3. The lowest BCUT2D eigenvalue weighted by Crippen LogP contribution is -2.40. The van der Waals surface area contributed by atoms with Gasteiger partial charge in [-0.25, -0.2) is 0 Å². The summed E-state index contributed by atoms with van der Waals surface area (Å²) in [6, 6.07) is 12.0. The third kappa shape index (κ3) is 3.19. The molecule has 8 heteroatoms. The zero-order chi connectivity index (χ0) is 18.8. The average molecular weight is 366 g/mol. The highest BCUT2D eigenvalue weighted by molar-refractivity contribution is 5.50. The molecule has 4 nitrogen and oxygen atoms in total. The van der Waals surface area contributed by atoms with E-state index in [4.69, 9.17) is 9.47 Å². The Hall–Kier alpha value is -3.10. The molecule has 0 amide bonds. The Kier molecular flexibility index (Phi) is 4.79. The quantitative estimate of drug-likeness (QED) is 0.547. The van der Waals surface area contributed by atoms with Crippen LogP contribution in [0.3, 0.4) is 0 Å². The Bertz CT molecular complexity index is 872. The molecule has 0 heterocycles.